The Morgan fingerprint density at radius 2 is 1.11 bits per heavy atom. The number of oxazole rings is 1. The van der Waals surface area contributed by atoms with Gasteiger partial charge in [0, 0.05) is 64.1 Å². The third kappa shape index (κ3) is 4.99. The van der Waals surface area contributed by atoms with Gasteiger partial charge in [0.15, 0.2) is 11.4 Å². The molecule has 0 saturated heterocycles. The molecule has 5 nitrogen and oxygen atoms in total. The van der Waals surface area contributed by atoms with Crippen molar-refractivity contribution in [2.75, 3.05) is 0 Å². The molecule has 252 valence electrons. The molecule has 11 aromatic rings. The molecule has 0 amide bonds. The van der Waals surface area contributed by atoms with E-state index in [-0.39, 0.29) is 0 Å². The highest BCUT2D eigenvalue weighted by molar-refractivity contribution is 7.25. The molecule has 4 heterocycles. The minimum Gasteiger partial charge on any atom is -0.436 e. The summed E-state index contributed by atoms with van der Waals surface area (Å²) in [4.78, 5) is 20.6. The third-order valence-corrected chi connectivity index (χ3v) is 11.3. The second-order valence-electron chi connectivity index (χ2n) is 13.4. The van der Waals surface area contributed by atoms with Crippen molar-refractivity contribution in [3.63, 3.8) is 0 Å². The highest BCUT2D eigenvalue weighted by Gasteiger charge is 2.19. The molecular weight excluding hydrogens is 681 g/mol. The molecule has 0 saturated carbocycles. The molecule has 4 aromatic heterocycles. The van der Waals surface area contributed by atoms with E-state index in [0.29, 0.717) is 11.7 Å². The van der Waals surface area contributed by atoms with Crippen LogP contribution < -0.4 is 0 Å². The van der Waals surface area contributed by atoms with E-state index in [1.807, 2.05) is 72.0 Å². The van der Waals surface area contributed by atoms with Crippen LogP contribution in [0.2, 0.25) is 0 Å². The fourth-order valence-electron chi connectivity index (χ4n) is 7.59. The van der Waals surface area contributed by atoms with Crippen molar-refractivity contribution in [2.45, 2.75) is 0 Å². The molecule has 0 bridgehead atoms. The number of fused-ring (bicyclic) bond motifs is 8. The van der Waals surface area contributed by atoms with E-state index in [0.717, 1.165) is 77.7 Å². The van der Waals surface area contributed by atoms with Crippen LogP contribution in [0.15, 0.2) is 174 Å². The van der Waals surface area contributed by atoms with Crippen molar-refractivity contribution >= 4 is 64.3 Å². The Morgan fingerprint density at radius 3 is 1.94 bits per heavy atom. The molecule has 0 aliphatic rings. The van der Waals surface area contributed by atoms with Gasteiger partial charge in [-0.25, -0.2) is 19.9 Å². The van der Waals surface area contributed by atoms with Crippen LogP contribution in [0, 0.1) is 0 Å². The molecule has 11 rings (SSSR count). The Morgan fingerprint density at radius 1 is 0.426 bits per heavy atom. The Kier molecular flexibility index (Phi) is 6.97. The first-order valence-electron chi connectivity index (χ1n) is 17.9. The molecule has 0 unspecified atom stereocenters. The van der Waals surface area contributed by atoms with E-state index >= 15 is 0 Å². The number of benzene rings is 7. The average Bonchev–Trinajstić information content (AvgIpc) is 3.86. The highest BCUT2D eigenvalue weighted by Crippen LogP contribution is 2.42. The van der Waals surface area contributed by atoms with Gasteiger partial charge < -0.3 is 4.42 Å². The molecule has 0 aliphatic carbocycles. The first-order chi connectivity index (χ1) is 26.7. The molecule has 0 spiro atoms. The largest absolute Gasteiger partial charge is 0.436 e. The monoisotopic (exact) mass is 708 g/mol. The van der Waals surface area contributed by atoms with Crippen LogP contribution >= 0.6 is 11.3 Å². The molecule has 54 heavy (non-hydrogen) atoms. The van der Waals surface area contributed by atoms with Gasteiger partial charge in [0.1, 0.15) is 5.52 Å². The number of hydrogen-bond donors (Lipinski definition) is 0. The minimum atomic E-state index is 0.604. The fraction of sp³-hybridized carbons (Fsp3) is 0. The van der Waals surface area contributed by atoms with Gasteiger partial charge in [0.05, 0.1) is 22.6 Å². The number of nitrogens with zero attached hydrogens (tertiary/aromatic N) is 4. The SMILES string of the molecule is c1ccc(-c2nc(-c3ccc(-c4nc5ccccc5c5c4ccc4oc(-c6ccccc6)nc45)cc3)cc(-c3cccc4sc5ccccc5c34)n2)cc1. The summed E-state index contributed by atoms with van der Waals surface area (Å²) in [6.45, 7) is 0. The maximum absolute atomic E-state index is 6.30. The summed E-state index contributed by atoms with van der Waals surface area (Å²) in [5.41, 5.74) is 10.2. The maximum Gasteiger partial charge on any atom is 0.227 e. The van der Waals surface area contributed by atoms with Gasteiger partial charge in [-0.05, 0) is 48.5 Å². The zero-order chi connectivity index (χ0) is 35.6. The van der Waals surface area contributed by atoms with Gasteiger partial charge in [-0.15, -0.1) is 11.3 Å². The van der Waals surface area contributed by atoms with E-state index in [9.17, 15) is 0 Å². The Bertz CT molecular complexity index is 3210. The van der Waals surface area contributed by atoms with Crippen LogP contribution in [0.4, 0.5) is 0 Å². The molecule has 7 aromatic carbocycles. The molecule has 0 radical (unpaired) electrons. The van der Waals surface area contributed by atoms with Gasteiger partial charge in [-0.1, -0.05) is 121 Å². The smallest absolute Gasteiger partial charge is 0.227 e. The van der Waals surface area contributed by atoms with Crippen LogP contribution in [0.5, 0.6) is 0 Å². The molecule has 0 aliphatic heterocycles. The number of pyridine rings is 1. The summed E-state index contributed by atoms with van der Waals surface area (Å²) in [6.07, 6.45) is 0. The lowest BCUT2D eigenvalue weighted by atomic mass is 9.97. The standard InChI is InChI=1S/C48H28N4OS/c1-3-12-31(13-4-1)47-50-38(28-39(51-47)34-18-11-21-42-43(34)35-17-8-10-20-41(35)54-42)29-22-24-30(25-23-29)45-36-26-27-40-46(44(36)33-16-7-9-19-37(33)49-45)52-48(53-40)32-14-5-2-6-15-32/h1-28H. The normalized spacial score (nSPS) is 11.7. The van der Waals surface area contributed by atoms with Crippen molar-refractivity contribution in [3.05, 3.63) is 170 Å². The second kappa shape index (κ2) is 12.3. The van der Waals surface area contributed by atoms with E-state index in [4.69, 9.17) is 24.4 Å². The lowest BCUT2D eigenvalue weighted by Gasteiger charge is -2.12. The molecule has 6 heteroatoms. The summed E-state index contributed by atoms with van der Waals surface area (Å²) in [5, 5.41) is 5.57. The van der Waals surface area contributed by atoms with Crippen LogP contribution in [-0.2, 0) is 0 Å². The van der Waals surface area contributed by atoms with Gasteiger partial charge in [0.2, 0.25) is 5.89 Å². The number of hydrogen-bond acceptors (Lipinski definition) is 6. The van der Waals surface area contributed by atoms with Crippen molar-refractivity contribution in [2.24, 2.45) is 0 Å². The van der Waals surface area contributed by atoms with Crippen molar-refractivity contribution in [1.82, 2.24) is 19.9 Å². The Labute approximate surface area is 313 Å². The topological polar surface area (TPSA) is 64.7 Å². The van der Waals surface area contributed by atoms with E-state index in [1.165, 1.54) is 20.2 Å². The molecular formula is C48H28N4OS. The predicted molar refractivity (Wildman–Crippen MR) is 222 cm³/mol. The number of thiophene rings is 1. The summed E-state index contributed by atoms with van der Waals surface area (Å²) in [7, 11) is 0. The summed E-state index contributed by atoms with van der Waals surface area (Å²) >= 11 is 1.81. The lowest BCUT2D eigenvalue weighted by molar-refractivity contribution is 0.620. The second-order valence-corrected chi connectivity index (χ2v) is 14.5. The van der Waals surface area contributed by atoms with Crippen LogP contribution in [0.3, 0.4) is 0 Å². The Balaban J connectivity index is 1.07. The van der Waals surface area contributed by atoms with E-state index in [2.05, 4.69) is 109 Å². The first kappa shape index (κ1) is 30.6. The minimum absolute atomic E-state index is 0.604. The molecule has 0 N–H and O–H groups in total. The van der Waals surface area contributed by atoms with Gasteiger partial charge in [-0.2, -0.15) is 0 Å². The highest BCUT2D eigenvalue weighted by atomic mass is 32.1. The third-order valence-electron chi connectivity index (χ3n) is 10.1. The van der Waals surface area contributed by atoms with E-state index < -0.39 is 0 Å². The van der Waals surface area contributed by atoms with Crippen molar-refractivity contribution in [1.29, 1.82) is 0 Å². The summed E-state index contributed by atoms with van der Waals surface area (Å²) < 4.78 is 8.81. The molecule has 0 fully saturated rings. The zero-order valence-corrected chi connectivity index (χ0v) is 29.6. The van der Waals surface area contributed by atoms with Gasteiger partial charge in [-0.3, -0.25) is 0 Å². The van der Waals surface area contributed by atoms with Gasteiger partial charge in [0.25, 0.3) is 0 Å². The van der Waals surface area contributed by atoms with Crippen LogP contribution in [-0.4, -0.2) is 19.9 Å². The zero-order valence-electron chi connectivity index (χ0n) is 28.8. The number of aromatic nitrogens is 4. The first-order valence-corrected chi connectivity index (χ1v) is 18.7. The van der Waals surface area contributed by atoms with E-state index in [1.54, 1.807) is 0 Å². The molecule has 0 atom stereocenters. The summed E-state index contributed by atoms with van der Waals surface area (Å²) in [5.74, 6) is 1.30. The number of rotatable bonds is 5. The Hall–Kier alpha value is -7.02. The predicted octanol–water partition coefficient (Wildman–Crippen LogP) is 13.0. The fourth-order valence-corrected chi connectivity index (χ4v) is 8.72. The van der Waals surface area contributed by atoms with Crippen LogP contribution in [0.25, 0.3) is 110 Å². The van der Waals surface area contributed by atoms with Crippen molar-refractivity contribution in [3.8, 4) is 56.6 Å². The van der Waals surface area contributed by atoms with Crippen LogP contribution in [0.1, 0.15) is 0 Å². The van der Waals surface area contributed by atoms with Gasteiger partial charge >= 0.3 is 0 Å². The van der Waals surface area contributed by atoms with Crippen molar-refractivity contribution < 1.29 is 4.42 Å². The average molecular weight is 709 g/mol. The maximum atomic E-state index is 6.30. The lowest BCUT2D eigenvalue weighted by Crippen LogP contribution is -1.96. The summed E-state index contributed by atoms with van der Waals surface area (Å²) in [6, 6.07) is 58.4. The number of para-hydroxylation sites is 1. The quantitative estimate of drug-likeness (QED) is 0.167.